The fraction of sp³-hybridized carbons (Fsp3) is 0.310. The summed E-state index contributed by atoms with van der Waals surface area (Å²) in [4.78, 5) is 28.7. The lowest BCUT2D eigenvalue weighted by Crippen LogP contribution is -2.53. The van der Waals surface area contributed by atoms with E-state index in [4.69, 9.17) is 16.3 Å². The van der Waals surface area contributed by atoms with Crippen LogP contribution in [0.1, 0.15) is 37.0 Å². The van der Waals surface area contributed by atoms with Crippen molar-refractivity contribution in [2.45, 2.75) is 52.2 Å². The Balaban J connectivity index is 1.92. The van der Waals surface area contributed by atoms with Crippen LogP contribution in [-0.4, -0.2) is 35.4 Å². The molecular formula is C29H32BrClN2O3. The minimum atomic E-state index is -0.736. The molecule has 3 aromatic rings. The molecule has 0 saturated carbocycles. The number of hydrogen-bond acceptors (Lipinski definition) is 3. The van der Waals surface area contributed by atoms with E-state index in [0.717, 1.165) is 27.6 Å². The molecule has 0 fully saturated rings. The summed E-state index contributed by atoms with van der Waals surface area (Å²) in [6, 6.07) is 21.9. The molecule has 7 heteroatoms. The normalized spacial score (nSPS) is 12.5. The Labute approximate surface area is 226 Å². The van der Waals surface area contributed by atoms with Crippen molar-refractivity contribution in [3.63, 3.8) is 0 Å². The Morgan fingerprint density at radius 3 is 2.42 bits per heavy atom. The second kappa shape index (κ2) is 13.5. The molecule has 0 heterocycles. The lowest BCUT2D eigenvalue weighted by Gasteiger charge is -2.32. The average molecular weight is 572 g/mol. The van der Waals surface area contributed by atoms with Gasteiger partial charge in [0.15, 0.2) is 6.61 Å². The van der Waals surface area contributed by atoms with Gasteiger partial charge >= 0.3 is 0 Å². The molecule has 0 unspecified atom stereocenters. The van der Waals surface area contributed by atoms with Gasteiger partial charge in [0.2, 0.25) is 5.91 Å². The van der Waals surface area contributed by atoms with Crippen molar-refractivity contribution in [1.29, 1.82) is 0 Å². The predicted octanol–water partition coefficient (Wildman–Crippen LogP) is 6.34. The van der Waals surface area contributed by atoms with Gasteiger partial charge in [0.25, 0.3) is 5.91 Å². The molecule has 36 heavy (non-hydrogen) atoms. The van der Waals surface area contributed by atoms with Gasteiger partial charge in [0, 0.05) is 28.5 Å². The van der Waals surface area contributed by atoms with Crippen LogP contribution in [0.2, 0.25) is 5.02 Å². The first kappa shape index (κ1) is 27.8. The van der Waals surface area contributed by atoms with E-state index in [1.807, 2.05) is 81.4 Å². The zero-order valence-corrected chi connectivity index (χ0v) is 23.2. The second-order valence-corrected chi connectivity index (χ2v) is 10.1. The number of benzene rings is 3. The van der Waals surface area contributed by atoms with Crippen molar-refractivity contribution in [2.24, 2.45) is 0 Å². The Hall–Kier alpha value is -2.83. The molecule has 0 aromatic heterocycles. The molecule has 0 saturated heterocycles. The molecule has 0 aliphatic rings. The molecule has 2 atom stereocenters. The quantitative estimate of drug-likeness (QED) is 0.292. The van der Waals surface area contributed by atoms with Crippen LogP contribution in [0.15, 0.2) is 77.3 Å². The highest BCUT2D eigenvalue weighted by Gasteiger charge is 2.31. The molecule has 3 aromatic carbocycles. The Kier molecular flexibility index (Phi) is 10.4. The number of amides is 2. The van der Waals surface area contributed by atoms with E-state index < -0.39 is 6.04 Å². The van der Waals surface area contributed by atoms with Crippen LogP contribution in [0, 0.1) is 6.92 Å². The maximum absolute atomic E-state index is 13.6. The zero-order valence-electron chi connectivity index (χ0n) is 20.8. The van der Waals surface area contributed by atoms with Crippen molar-refractivity contribution in [3.8, 4) is 5.75 Å². The summed E-state index contributed by atoms with van der Waals surface area (Å²) < 4.78 is 6.82. The van der Waals surface area contributed by atoms with E-state index in [-0.39, 0.29) is 31.0 Å². The number of carbonyl (C=O) groups excluding carboxylic acids is 2. The molecule has 3 rings (SSSR count). The van der Waals surface area contributed by atoms with Crippen LogP contribution in [0.25, 0.3) is 0 Å². The van der Waals surface area contributed by atoms with Crippen molar-refractivity contribution in [1.82, 2.24) is 10.2 Å². The molecule has 0 aliphatic carbocycles. The monoisotopic (exact) mass is 570 g/mol. The maximum atomic E-state index is 13.6. The number of rotatable bonds is 11. The van der Waals surface area contributed by atoms with Crippen LogP contribution in [0.5, 0.6) is 5.75 Å². The van der Waals surface area contributed by atoms with Gasteiger partial charge in [-0.2, -0.15) is 0 Å². The van der Waals surface area contributed by atoms with E-state index in [1.54, 1.807) is 17.0 Å². The van der Waals surface area contributed by atoms with Gasteiger partial charge < -0.3 is 15.0 Å². The van der Waals surface area contributed by atoms with E-state index in [2.05, 4.69) is 21.2 Å². The van der Waals surface area contributed by atoms with Crippen LogP contribution >= 0.6 is 27.5 Å². The van der Waals surface area contributed by atoms with Crippen molar-refractivity contribution in [3.05, 3.63) is 99.0 Å². The summed E-state index contributed by atoms with van der Waals surface area (Å²) >= 11 is 9.94. The fourth-order valence-corrected chi connectivity index (χ4v) is 4.18. The molecule has 1 N–H and O–H groups in total. The first-order valence-electron chi connectivity index (χ1n) is 12.0. The first-order chi connectivity index (χ1) is 17.3. The van der Waals surface area contributed by atoms with Crippen LogP contribution in [-0.2, 0) is 22.6 Å². The minimum absolute atomic E-state index is 0.0185. The number of ether oxygens (including phenoxy) is 1. The highest BCUT2D eigenvalue weighted by Crippen LogP contribution is 2.23. The largest absolute Gasteiger partial charge is 0.484 e. The van der Waals surface area contributed by atoms with E-state index in [1.165, 1.54) is 0 Å². The fourth-order valence-electron chi connectivity index (χ4n) is 3.74. The molecule has 0 aliphatic heterocycles. The van der Waals surface area contributed by atoms with Gasteiger partial charge in [0.1, 0.15) is 11.8 Å². The molecule has 5 nitrogen and oxygen atoms in total. The topological polar surface area (TPSA) is 58.6 Å². The maximum Gasteiger partial charge on any atom is 0.261 e. The van der Waals surface area contributed by atoms with Crippen molar-refractivity contribution < 1.29 is 14.3 Å². The Morgan fingerprint density at radius 2 is 1.75 bits per heavy atom. The molecular weight excluding hydrogens is 540 g/mol. The number of carbonyl (C=O) groups is 2. The third kappa shape index (κ3) is 7.84. The van der Waals surface area contributed by atoms with E-state index in [0.29, 0.717) is 17.2 Å². The van der Waals surface area contributed by atoms with Crippen molar-refractivity contribution in [2.75, 3.05) is 6.61 Å². The van der Waals surface area contributed by atoms with Gasteiger partial charge in [-0.25, -0.2) is 0 Å². The number of nitrogens with one attached hydrogen (secondary N) is 1. The summed E-state index contributed by atoms with van der Waals surface area (Å²) in [6.45, 7) is 5.91. The third-order valence-corrected chi connectivity index (χ3v) is 7.32. The summed E-state index contributed by atoms with van der Waals surface area (Å²) in [5, 5.41) is 3.60. The van der Waals surface area contributed by atoms with Gasteiger partial charge in [-0.1, -0.05) is 83.0 Å². The Morgan fingerprint density at radius 1 is 1.06 bits per heavy atom. The smallest absolute Gasteiger partial charge is 0.261 e. The van der Waals surface area contributed by atoms with Gasteiger partial charge in [-0.05, 0) is 61.2 Å². The number of halogens is 2. The summed E-state index contributed by atoms with van der Waals surface area (Å²) in [7, 11) is 0. The number of hydrogen-bond donors (Lipinski definition) is 1. The van der Waals surface area contributed by atoms with Crippen molar-refractivity contribution >= 4 is 39.3 Å². The predicted molar refractivity (Wildman–Crippen MR) is 148 cm³/mol. The molecule has 2 amide bonds. The zero-order chi connectivity index (χ0) is 26.1. The highest BCUT2D eigenvalue weighted by atomic mass is 79.9. The van der Waals surface area contributed by atoms with Gasteiger partial charge in [0.05, 0.1) is 0 Å². The lowest BCUT2D eigenvalue weighted by molar-refractivity contribution is -0.143. The van der Waals surface area contributed by atoms with E-state index in [9.17, 15) is 9.59 Å². The summed E-state index contributed by atoms with van der Waals surface area (Å²) in [5.41, 5.74) is 2.73. The minimum Gasteiger partial charge on any atom is -0.484 e. The molecule has 0 spiro atoms. The molecule has 0 radical (unpaired) electrons. The number of aryl methyl sites for hydroxylation is 1. The molecule has 0 bridgehead atoms. The van der Waals surface area contributed by atoms with Crippen LogP contribution in [0.4, 0.5) is 0 Å². The van der Waals surface area contributed by atoms with Gasteiger partial charge in [-0.3, -0.25) is 9.59 Å². The standard InChI is InChI=1S/C29H32BrClN2O3/c1-4-21(3)32-29(35)27(17-22-10-6-5-7-11-22)33(18-23-12-8-9-13-26(23)31)28(34)19-36-24-14-15-25(30)20(2)16-24/h5-16,21,27H,4,17-19H2,1-3H3,(H,32,35)/t21-,27+/m0/s1. The van der Waals surface area contributed by atoms with Crippen LogP contribution < -0.4 is 10.1 Å². The summed E-state index contributed by atoms with van der Waals surface area (Å²) in [6.07, 6.45) is 1.16. The first-order valence-corrected chi connectivity index (χ1v) is 13.2. The number of nitrogens with zero attached hydrogens (tertiary/aromatic N) is 1. The average Bonchev–Trinajstić information content (AvgIpc) is 2.88. The van der Waals surface area contributed by atoms with Gasteiger partial charge in [-0.15, -0.1) is 0 Å². The third-order valence-electron chi connectivity index (χ3n) is 6.06. The second-order valence-electron chi connectivity index (χ2n) is 8.84. The lowest BCUT2D eigenvalue weighted by atomic mass is 10.0. The summed E-state index contributed by atoms with van der Waals surface area (Å²) in [5.74, 6) is 0.0919. The van der Waals surface area contributed by atoms with Crippen LogP contribution in [0.3, 0.4) is 0 Å². The Bertz CT molecular complexity index is 1170. The highest BCUT2D eigenvalue weighted by molar-refractivity contribution is 9.10. The van der Waals surface area contributed by atoms with E-state index >= 15 is 0 Å². The SMILES string of the molecule is CC[C@H](C)NC(=O)[C@@H](Cc1ccccc1)N(Cc1ccccc1Cl)C(=O)COc1ccc(Br)c(C)c1. The molecule has 190 valence electrons.